The van der Waals surface area contributed by atoms with Crippen molar-refractivity contribution >= 4 is 34.9 Å². The number of aromatic nitrogens is 1. The summed E-state index contributed by atoms with van der Waals surface area (Å²) in [7, 11) is 0. The van der Waals surface area contributed by atoms with Crippen molar-refractivity contribution < 1.29 is 9.53 Å². The molecule has 1 aromatic carbocycles. The van der Waals surface area contributed by atoms with Crippen LogP contribution in [0.2, 0.25) is 5.02 Å². The Balaban J connectivity index is 1.72. The standard InChI is InChI=1S/C22H22Cl2N2O2/c1-14(23)28-22(27)26-11-8-15(9-12-26)20-19-7-6-18(24)13-17(19)5-4-16-3-2-10-25-21(16)20/h2-3,6-7,10,13-14H,4-5,8-9,11-12H2,1H3. The monoisotopic (exact) mass is 416 g/mol. The Morgan fingerprint density at radius 1 is 1.14 bits per heavy atom. The Bertz CT molecular complexity index is 930. The zero-order chi connectivity index (χ0) is 19.7. The van der Waals surface area contributed by atoms with E-state index in [-0.39, 0.29) is 6.09 Å². The number of rotatable bonds is 1. The minimum atomic E-state index is -0.623. The number of benzene rings is 1. The fraction of sp³-hybridized carbons (Fsp3) is 0.364. The maximum absolute atomic E-state index is 12.2. The molecule has 0 bridgehead atoms. The highest BCUT2D eigenvalue weighted by atomic mass is 35.5. The molecule has 2 aromatic rings. The molecule has 1 aromatic heterocycles. The van der Waals surface area contributed by atoms with Gasteiger partial charge in [0, 0.05) is 29.9 Å². The molecule has 0 radical (unpaired) electrons. The van der Waals surface area contributed by atoms with Gasteiger partial charge in [-0.3, -0.25) is 4.98 Å². The van der Waals surface area contributed by atoms with E-state index < -0.39 is 5.56 Å². The number of hydrogen-bond acceptors (Lipinski definition) is 3. The van der Waals surface area contributed by atoms with Crippen LogP contribution in [0.5, 0.6) is 0 Å². The maximum atomic E-state index is 12.2. The molecule has 1 aliphatic heterocycles. The summed E-state index contributed by atoms with van der Waals surface area (Å²) in [5, 5.41) is 0.759. The number of fused-ring (bicyclic) bond motifs is 2. The summed E-state index contributed by atoms with van der Waals surface area (Å²) in [5.74, 6) is 0. The van der Waals surface area contributed by atoms with Crippen molar-refractivity contribution in [3.63, 3.8) is 0 Å². The number of pyridine rings is 1. The molecule has 4 rings (SSSR count). The van der Waals surface area contributed by atoms with Crippen LogP contribution in [0.3, 0.4) is 0 Å². The highest BCUT2D eigenvalue weighted by Crippen LogP contribution is 2.38. The Labute approximate surface area is 175 Å². The molecule has 2 aliphatic rings. The number of likely N-dealkylation sites (tertiary alicyclic amines) is 1. The highest BCUT2D eigenvalue weighted by molar-refractivity contribution is 6.30. The van der Waals surface area contributed by atoms with Crippen LogP contribution in [0.4, 0.5) is 4.79 Å². The SMILES string of the molecule is CC(Cl)OC(=O)N1CCC(=C2c3ccc(Cl)cc3CCc3cccnc32)CC1. The lowest BCUT2D eigenvalue weighted by Gasteiger charge is -2.30. The summed E-state index contributed by atoms with van der Waals surface area (Å²) in [6, 6.07) is 10.3. The maximum Gasteiger partial charge on any atom is 0.411 e. The largest absolute Gasteiger partial charge is 0.430 e. The predicted octanol–water partition coefficient (Wildman–Crippen LogP) is 5.45. The van der Waals surface area contributed by atoms with Crippen molar-refractivity contribution in [2.24, 2.45) is 0 Å². The number of aryl methyl sites for hydroxylation is 2. The van der Waals surface area contributed by atoms with E-state index in [2.05, 4.69) is 18.2 Å². The second kappa shape index (κ2) is 8.14. The van der Waals surface area contributed by atoms with Crippen molar-refractivity contribution in [2.45, 2.75) is 38.2 Å². The number of alkyl halides is 1. The molecule has 28 heavy (non-hydrogen) atoms. The van der Waals surface area contributed by atoms with Crippen LogP contribution in [0, 0.1) is 0 Å². The molecule has 1 unspecified atom stereocenters. The molecule has 6 heteroatoms. The van der Waals surface area contributed by atoms with Gasteiger partial charge < -0.3 is 9.64 Å². The van der Waals surface area contributed by atoms with Gasteiger partial charge in [0.05, 0.1) is 5.69 Å². The van der Waals surface area contributed by atoms with Crippen molar-refractivity contribution in [2.75, 3.05) is 13.1 Å². The van der Waals surface area contributed by atoms with E-state index in [0.717, 1.165) is 36.4 Å². The Morgan fingerprint density at radius 2 is 1.89 bits per heavy atom. The van der Waals surface area contributed by atoms with Crippen molar-refractivity contribution in [1.29, 1.82) is 0 Å². The molecule has 146 valence electrons. The lowest BCUT2D eigenvalue weighted by atomic mass is 9.88. The number of halogens is 2. The third kappa shape index (κ3) is 3.89. The van der Waals surface area contributed by atoms with E-state index in [4.69, 9.17) is 32.9 Å². The first-order valence-corrected chi connectivity index (χ1v) is 10.4. The highest BCUT2D eigenvalue weighted by Gasteiger charge is 2.27. The third-order valence-corrected chi connectivity index (χ3v) is 5.69. The molecule has 0 N–H and O–H groups in total. The number of carbonyl (C=O) groups excluding carboxylic acids is 1. The minimum absolute atomic E-state index is 0.349. The van der Waals surface area contributed by atoms with Crippen LogP contribution in [-0.2, 0) is 17.6 Å². The van der Waals surface area contributed by atoms with Gasteiger partial charge in [-0.25, -0.2) is 4.79 Å². The van der Waals surface area contributed by atoms with E-state index >= 15 is 0 Å². The van der Waals surface area contributed by atoms with E-state index in [9.17, 15) is 4.79 Å². The second-order valence-electron chi connectivity index (χ2n) is 7.20. The first-order valence-electron chi connectivity index (χ1n) is 9.57. The van der Waals surface area contributed by atoms with Gasteiger partial charge in [-0.1, -0.05) is 40.9 Å². The number of nitrogens with zero attached hydrogens (tertiary/aromatic N) is 2. The summed E-state index contributed by atoms with van der Waals surface area (Å²) in [6.45, 7) is 2.88. The van der Waals surface area contributed by atoms with Gasteiger partial charge in [0.15, 0.2) is 5.56 Å². The Hall–Kier alpha value is -2.04. The predicted molar refractivity (Wildman–Crippen MR) is 112 cm³/mol. The first kappa shape index (κ1) is 19.3. The van der Waals surface area contributed by atoms with E-state index in [1.807, 2.05) is 18.3 Å². The second-order valence-corrected chi connectivity index (χ2v) is 8.26. The molecular formula is C22H22Cl2N2O2. The Morgan fingerprint density at radius 3 is 2.64 bits per heavy atom. The van der Waals surface area contributed by atoms with E-state index in [1.165, 1.54) is 27.8 Å². The molecule has 1 aliphatic carbocycles. The van der Waals surface area contributed by atoms with Gasteiger partial charge in [0.2, 0.25) is 0 Å². The Kier molecular flexibility index (Phi) is 5.61. The zero-order valence-electron chi connectivity index (χ0n) is 15.8. The number of amides is 1. The summed E-state index contributed by atoms with van der Waals surface area (Å²) in [6.07, 6.45) is 4.97. The minimum Gasteiger partial charge on any atom is -0.430 e. The van der Waals surface area contributed by atoms with Crippen molar-refractivity contribution in [1.82, 2.24) is 9.88 Å². The van der Waals surface area contributed by atoms with Gasteiger partial charge in [-0.2, -0.15) is 0 Å². The van der Waals surface area contributed by atoms with Crippen LogP contribution >= 0.6 is 23.2 Å². The molecule has 1 atom stereocenters. The smallest absolute Gasteiger partial charge is 0.411 e. The van der Waals surface area contributed by atoms with Crippen LogP contribution < -0.4 is 0 Å². The summed E-state index contributed by atoms with van der Waals surface area (Å²) in [5.41, 5.74) is 6.70. The fourth-order valence-corrected chi connectivity index (χ4v) is 4.33. The average Bonchev–Trinajstić information content (AvgIpc) is 2.84. The van der Waals surface area contributed by atoms with E-state index in [0.29, 0.717) is 13.1 Å². The van der Waals surface area contributed by atoms with Gasteiger partial charge >= 0.3 is 6.09 Å². The molecule has 0 spiro atoms. The molecule has 0 saturated carbocycles. The number of carbonyl (C=O) groups is 1. The van der Waals surface area contributed by atoms with Crippen LogP contribution in [0.1, 0.15) is 42.1 Å². The van der Waals surface area contributed by atoms with Crippen LogP contribution in [-0.4, -0.2) is 34.6 Å². The fourth-order valence-electron chi connectivity index (χ4n) is 4.06. The van der Waals surface area contributed by atoms with Crippen LogP contribution in [0.15, 0.2) is 42.1 Å². The van der Waals surface area contributed by atoms with E-state index in [1.54, 1.807) is 11.8 Å². The van der Waals surface area contributed by atoms with Crippen molar-refractivity contribution in [3.05, 3.63) is 69.5 Å². The number of hydrogen-bond donors (Lipinski definition) is 0. The average molecular weight is 417 g/mol. The summed E-state index contributed by atoms with van der Waals surface area (Å²) < 4.78 is 5.13. The van der Waals surface area contributed by atoms with Gasteiger partial charge in [0.25, 0.3) is 0 Å². The topological polar surface area (TPSA) is 42.4 Å². The van der Waals surface area contributed by atoms with Gasteiger partial charge in [-0.05, 0) is 67.5 Å². The quantitative estimate of drug-likeness (QED) is 0.580. The number of ether oxygens (including phenoxy) is 1. The molecule has 1 amide bonds. The normalized spacial score (nSPS) is 17.5. The van der Waals surface area contributed by atoms with Crippen molar-refractivity contribution in [3.8, 4) is 0 Å². The number of piperidine rings is 1. The molecule has 4 nitrogen and oxygen atoms in total. The molecule has 2 heterocycles. The zero-order valence-corrected chi connectivity index (χ0v) is 17.3. The van der Waals surface area contributed by atoms with Gasteiger partial charge in [0.1, 0.15) is 0 Å². The molecule has 1 saturated heterocycles. The first-order chi connectivity index (χ1) is 13.5. The van der Waals surface area contributed by atoms with Crippen LogP contribution in [0.25, 0.3) is 5.57 Å². The molecule has 1 fully saturated rings. The van der Waals surface area contributed by atoms with Gasteiger partial charge in [-0.15, -0.1) is 0 Å². The lowest BCUT2D eigenvalue weighted by Crippen LogP contribution is -2.37. The lowest BCUT2D eigenvalue weighted by molar-refractivity contribution is 0.0932. The summed E-state index contributed by atoms with van der Waals surface area (Å²) >= 11 is 12.1. The summed E-state index contributed by atoms with van der Waals surface area (Å²) in [4.78, 5) is 18.6. The molecular weight excluding hydrogens is 395 g/mol. The third-order valence-electron chi connectivity index (χ3n) is 5.37.